The van der Waals surface area contributed by atoms with Crippen LogP contribution in [0, 0.1) is 5.82 Å². The molecule has 2 aromatic carbocycles. The maximum Gasteiger partial charge on any atom is 0.251 e. The first-order valence-corrected chi connectivity index (χ1v) is 8.94. The standard InChI is InChI=1S/C21H20FN3O2/c22-18-8-4-7-16(11-18)21(26)23-12-19-20-17(9-10-27-19)14-25(24-20)13-15-5-2-1-3-6-15/h1-8,11,14,19H,9-10,12-13H2,(H,23,26)/t19-/m1/s1. The highest BCUT2D eigenvalue weighted by Crippen LogP contribution is 2.25. The maximum absolute atomic E-state index is 13.3. The van der Waals surface area contributed by atoms with E-state index >= 15 is 0 Å². The molecule has 0 fully saturated rings. The molecule has 0 bridgehead atoms. The number of halogens is 1. The molecule has 27 heavy (non-hydrogen) atoms. The Morgan fingerprint density at radius 3 is 2.89 bits per heavy atom. The van der Waals surface area contributed by atoms with Crippen LogP contribution in [0.3, 0.4) is 0 Å². The lowest BCUT2D eigenvalue weighted by Crippen LogP contribution is -2.32. The zero-order chi connectivity index (χ0) is 18.6. The highest BCUT2D eigenvalue weighted by atomic mass is 19.1. The van der Waals surface area contributed by atoms with E-state index in [0.717, 1.165) is 17.7 Å². The molecule has 5 nitrogen and oxygen atoms in total. The Bertz CT molecular complexity index is 940. The average Bonchev–Trinajstić information content (AvgIpc) is 3.10. The van der Waals surface area contributed by atoms with Crippen molar-refractivity contribution in [2.75, 3.05) is 13.2 Å². The van der Waals surface area contributed by atoms with E-state index in [9.17, 15) is 9.18 Å². The fourth-order valence-electron chi connectivity index (χ4n) is 3.26. The van der Waals surface area contributed by atoms with Gasteiger partial charge in [-0.25, -0.2) is 4.39 Å². The van der Waals surface area contributed by atoms with Crippen molar-refractivity contribution in [2.45, 2.75) is 19.1 Å². The van der Waals surface area contributed by atoms with Gasteiger partial charge in [-0.15, -0.1) is 0 Å². The van der Waals surface area contributed by atoms with Gasteiger partial charge in [-0.1, -0.05) is 36.4 Å². The van der Waals surface area contributed by atoms with E-state index in [-0.39, 0.29) is 12.0 Å². The Morgan fingerprint density at radius 1 is 1.22 bits per heavy atom. The smallest absolute Gasteiger partial charge is 0.251 e. The predicted molar refractivity (Wildman–Crippen MR) is 98.9 cm³/mol. The topological polar surface area (TPSA) is 56.1 Å². The van der Waals surface area contributed by atoms with Crippen LogP contribution < -0.4 is 5.32 Å². The first-order valence-electron chi connectivity index (χ1n) is 8.94. The van der Waals surface area contributed by atoms with Crippen molar-refractivity contribution in [3.63, 3.8) is 0 Å². The second-order valence-electron chi connectivity index (χ2n) is 6.55. The first-order chi connectivity index (χ1) is 13.2. The van der Waals surface area contributed by atoms with Gasteiger partial charge in [0.1, 0.15) is 11.9 Å². The number of nitrogens with one attached hydrogen (secondary N) is 1. The van der Waals surface area contributed by atoms with Gasteiger partial charge in [-0.3, -0.25) is 9.48 Å². The van der Waals surface area contributed by atoms with Crippen molar-refractivity contribution in [2.24, 2.45) is 0 Å². The van der Waals surface area contributed by atoms with Crippen LogP contribution in [0.4, 0.5) is 4.39 Å². The van der Waals surface area contributed by atoms with E-state index in [1.165, 1.54) is 23.8 Å². The largest absolute Gasteiger partial charge is 0.370 e. The van der Waals surface area contributed by atoms with E-state index < -0.39 is 5.82 Å². The fourth-order valence-corrected chi connectivity index (χ4v) is 3.26. The molecule has 1 amide bonds. The molecule has 1 N–H and O–H groups in total. The van der Waals surface area contributed by atoms with Gasteiger partial charge >= 0.3 is 0 Å². The zero-order valence-electron chi connectivity index (χ0n) is 14.8. The Labute approximate surface area is 156 Å². The number of carbonyl (C=O) groups is 1. The van der Waals surface area contributed by atoms with Crippen LogP contribution in [0.1, 0.15) is 33.3 Å². The summed E-state index contributed by atoms with van der Waals surface area (Å²) >= 11 is 0. The lowest BCUT2D eigenvalue weighted by atomic mass is 10.1. The lowest BCUT2D eigenvalue weighted by molar-refractivity contribution is 0.0383. The molecule has 6 heteroatoms. The molecule has 3 aromatic rings. The summed E-state index contributed by atoms with van der Waals surface area (Å²) in [7, 11) is 0. The number of fused-ring (bicyclic) bond motifs is 1. The normalized spacial score (nSPS) is 16.0. The van der Waals surface area contributed by atoms with E-state index in [2.05, 4.69) is 22.5 Å². The molecule has 4 rings (SSSR count). The number of aromatic nitrogens is 2. The number of rotatable bonds is 5. The summed E-state index contributed by atoms with van der Waals surface area (Å²) in [6.45, 7) is 1.57. The molecule has 1 aliphatic heterocycles. The Hall–Kier alpha value is -2.99. The second kappa shape index (κ2) is 7.72. The van der Waals surface area contributed by atoms with Crippen LogP contribution in [-0.4, -0.2) is 28.8 Å². The monoisotopic (exact) mass is 365 g/mol. The molecule has 0 saturated heterocycles. The van der Waals surface area contributed by atoms with Gasteiger partial charge in [-0.05, 0) is 35.7 Å². The molecular weight excluding hydrogens is 345 g/mol. The number of hydrogen-bond acceptors (Lipinski definition) is 3. The molecule has 0 unspecified atom stereocenters. The number of hydrogen-bond donors (Lipinski definition) is 1. The second-order valence-corrected chi connectivity index (χ2v) is 6.55. The molecule has 0 saturated carbocycles. The highest BCUT2D eigenvalue weighted by molar-refractivity contribution is 5.94. The van der Waals surface area contributed by atoms with Gasteiger partial charge in [0.05, 0.1) is 18.8 Å². The van der Waals surface area contributed by atoms with Gasteiger partial charge in [0.25, 0.3) is 5.91 Å². The van der Waals surface area contributed by atoms with Crippen LogP contribution in [0.25, 0.3) is 0 Å². The van der Waals surface area contributed by atoms with Crippen molar-refractivity contribution < 1.29 is 13.9 Å². The number of carbonyl (C=O) groups excluding carboxylic acids is 1. The molecule has 138 valence electrons. The third-order valence-electron chi connectivity index (χ3n) is 4.59. The number of benzene rings is 2. The van der Waals surface area contributed by atoms with E-state index in [4.69, 9.17) is 4.74 Å². The first kappa shape index (κ1) is 17.4. The summed E-state index contributed by atoms with van der Waals surface area (Å²) in [6, 6.07) is 15.8. The minimum atomic E-state index is -0.432. The molecule has 1 aliphatic rings. The molecule has 0 spiro atoms. The van der Waals surface area contributed by atoms with Crippen LogP contribution in [0.2, 0.25) is 0 Å². The Balaban J connectivity index is 1.44. The maximum atomic E-state index is 13.3. The molecule has 1 aromatic heterocycles. The number of ether oxygens (including phenoxy) is 1. The van der Waals surface area contributed by atoms with Gasteiger partial charge in [0.2, 0.25) is 0 Å². The number of amides is 1. The molecule has 2 heterocycles. The van der Waals surface area contributed by atoms with Crippen molar-refractivity contribution >= 4 is 5.91 Å². The van der Waals surface area contributed by atoms with Crippen molar-refractivity contribution in [3.05, 3.63) is 89.0 Å². The van der Waals surface area contributed by atoms with E-state index in [1.807, 2.05) is 29.1 Å². The van der Waals surface area contributed by atoms with E-state index in [0.29, 0.717) is 25.3 Å². The van der Waals surface area contributed by atoms with Gasteiger partial charge < -0.3 is 10.1 Å². The third kappa shape index (κ3) is 4.06. The SMILES string of the molecule is O=C(NC[C@H]1OCCc2cn(Cc3ccccc3)nc21)c1cccc(F)c1. The molecule has 0 radical (unpaired) electrons. The van der Waals surface area contributed by atoms with E-state index in [1.54, 1.807) is 6.07 Å². The highest BCUT2D eigenvalue weighted by Gasteiger charge is 2.25. The minimum Gasteiger partial charge on any atom is -0.370 e. The van der Waals surface area contributed by atoms with Crippen LogP contribution >= 0.6 is 0 Å². The van der Waals surface area contributed by atoms with Gasteiger partial charge in [-0.2, -0.15) is 5.10 Å². The lowest BCUT2D eigenvalue weighted by Gasteiger charge is -2.22. The summed E-state index contributed by atoms with van der Waals surface area (Å²) in [4.78, 5) is 12.2. The quantitative estimate of drug-likeness (QED) is 0.756. The molecule has 0 aliphatic carbocycles. The van der Waals surface area contributed by atoms with Crippen LogP contribution in [-0.2, 0) is 17.7 Å². The Morgan fingerprint density at radius 2 is 2.07 bits per heavy atom. The summed E-state index contributed by atoms with van der Waals surface area (Å²) in [5.41, 5.74) is 3.47. The minimum absolute atomic E-state index is 0.292. The third-order valence-corrected chi connectivity index (χ3v) is 4.59. The van der Waals surface area contributed by atoms with Crippen molar-refractivity contribution in [1.82, 2.24) is 15.1 Å². The van der Waals surface area contributed by atoms with Crippen LogP contribution in [0.5, 0.6) is 0 Å². The average molecular weight is 365 g/mol. The van der Waals surface area contributed by atoms with Crippen LogP contribution in [0.15, 0.2) is 60.8 Å². The Kier molecular flexibility index (Phi) is 4.98. The molecule has 1 atom stereocenters. The predicted octanol–water partition coefficient (Wildman–Crippen LogP) is 3.11. The van der Waals surface area contributed by atoms with Crippen molar-refractivity contribution in [3.8, 4) is 0 Å². The fraction of sp³-hybridized carbons (Fsp3) is 0.238. The summed E-state index contributed by atoms with van der Waals surface area (Å²) in [5, 5.41) is 7.49. The summed E-state index contributed by atoms with van der Waals surface area (Å²) in [6.07, 6.45) is 2.55. The summed E-state index contributed by atoms with van der Waals surface area (Å²) < 4.78 is 21.0. The van der Waals surface area contributed by atoms with Gasteiger partial charge in [0, 0.05) is 18.3 Å². The number of nitrogens with zero attached hydrogens (tertiary/aromatic N) is 2. The molecular formula is C21H20FN3O2. The van der Waals surface area contributed by atoms with Gasteiger partial charge in [0.15, 0.2) is 0 Å². The zero-order valence-corrected chi connectivity index (χ0v) is 14.8. The van der Waals surface area contributed by atoms with Crippen molar-refractivity contribution in [1.29, 1.82) is 0 Å². The summed E-state index contributed by atoms with van der Waals surface area (Å²) in [5.74, 6) is -0.757.